The quantitative estimate of drug-likeness (QED) is 0.412. The zero-order valence-corrected chi connectivity index (χ0v) is 18.3. The standard InChI is InChI=1S/C22H26FN7O2/c1-5-30-18-7-6-16(8-15(18)11-25-30)27-20-14(10-24)9-17(23)21(29-20)28-19(12(2)3)13(4)26-22(31)32/h6-9,11-13,19,26H,5H2,1-4H3,(H,31,32)(H2,27,28,29)/t13-,19+/m0/s1. The largest absolute Gasteiger partial charge is 0.465 e. The van der Waals surface area contributed by atoms with Crippen LogP contribution in [0.3, 0.4) is 0 Å². The monoisotopic (exact) mass is 439 g/mol. The predicted molar refractivity (Wildman–Crippen MR) is 120 cm³/mol. The SMILES string of the molecule is CCn1ncc2cc(Nc3nc(N[C@H](C(C)C)[C@H](C)NC(=O)O)c(F)cc3C#N)ccc21. The van der Waals surface area contributed by atoms with Gasteiger partial charge < -0.3 is 21.1 Å². The van der Waals surface area contributed by atoms with Crippen LogP contribution in [0.25, 0.3) is 10.9 Å². The van der Waals surface area contributed by atoms with Crippen molar-refractivity contribution < 1.29 is 14.3 Å². The molecule has 0 fully saturated rings. The van der Waals surface area contributed by atoms with Gasteiger partial charge in [0, 0.05) is 29.7 Å². The van der Waals surface area contributed by atoms with Gasteiger partial charge in [-0.15, -0.1) is 0 Å². The van der Waals surface area contributed by atoms with Crippen molar-refractivity contribution >= 4 is 34.3 Å². The molecule has 1 aromatic carbocycles. The molecular formula is C22H26FN7O2. The summed E-state index contributed by atoms with van der Waals surface area (Å²) in [6.07, 6.45) is 0.590. The fraction of sp³-hybridized carbons (Fsp3) is 0.364. The molecule has 0 aliphatic heterocycles. The molecule has 4 N–H and O–H groups in total. The molecule has 3 aromatic rings. The van der Waals surface area contributed by atoms with Gasteiger partial charge in [-0.05, 0) is 44.0 Å². The number of hydrogen-bond donors (Lipinski definition) is 4. The van der Waals surface area contributed by atoms with Gasteiger partial charge in [-0.25, -0.2) is 14.2 Å². The van der Waals surface area contributed by atoms with E-state index in [-0.39, 0.29) is 23.1 Å². The third-order valence-corrected chi connectivity index (χ3v) is 5.21. The van der Waals surface area contributed by atoms with Crippen LogP contribution in [0.5, 0.6) is 0 Å². The number of aryl methyl sites for hydroxylation is 1. The number of anilines is 3. The van der Waals surface area contributed by atoms with Crippen LogP contribution in [-0.4, -0.2) is 38.0 Å². The second-order valence-corrected chi connectivity index (χ2v) is 7.84. The molecule has 0 aliphatic carbocycles. The fourth-order valence-corrected chi connectivity index (χ4v) is 3.64. The fourth-order valence-electron chi connectivity index (χ4n) is 3.64. The highest BCUT2D eigenvalue weighted by Crippen LogP contribution is 2.27. The lowest BCUT2D eigenvalue weighted by molar-refractivity contribution is 0.188. The van der Waals surface area contributed by atoms with E-state index < -0.39 is 24.0 Å². The van der Waals surface area contributed by atoms with Crippen molar-refractivity contribution in [3.8, 4) is 6.07 Å². The maximum Gasteiger partial charge on any atom is 0.404 e. The molecule has 1 amide bonds. The molecule has 2 heterocycles. The molecule has 3 rings (SSSR count). The Morgan fingerprint density at radius 3 is 2.66 bits per heavy atom. The average molecular weight is 439 g/mol. The summed E-state index contributed by atoms with van der Waals surface area (Å²) >= 11 is 0. The molecule has 2 aromatic heterocycles. The number of benzene rings is 1. The Labute approximate surface area is 185 Å². The predicted octanol–water partition coefficient (Wildman–Crippen LogP) is 4.30. The van der Waals surface area contributed by atoms with Crippen LogP contribution in [0.15, 0.2) is 30.5 Å². The van der Waals surface area contributed by atoms with Crippen molar-refractivity contribution in [1.29, 1.82) is 5.26 Å². The van der Waals surface area contributed by atoms with E-state index in [1.54, 1.807) is 13.1 Å². The number of nitrogens with one attached hydrogen (secondary N) is 3. The summed E-state index contributed by atoms with van der Waals surface area (Å²) in [4.78, 5) is 15.3. The lowest BCUT2D eigenvalue weighted by atomic mass is 9.97. The summed E-state index contributed by atoms with van der Waals surface area (Å²) < 4.78 is 16.6. The Bertz CT molecular complexity index is 1170. The van der Waals surface area contributed by atoms with Gasteiger partial charge in [0.2, 0.25) is 0 Å². The van der Waals surface area contributed by atoms with Crippen LogP contribution in [0.4, 0.5) is 26.5 Å². The maximum atomic E-state index is 14.7. The average Bonchev–Trinajstić information content (AvgIpc) is 3.15. The Balaban J connectivity index is 1.92. The van der Waals surface area contributed by atoms with Gasteiger partial charge in [0.05, 0.1) is 17.3 Å². The van der Waals surface area contributed by atoms with Crippen LogP contribution in [0, 0.1) is 23.1 Å². The first-order valence-corrected chi connectivity index (χ1v) is 10.3. The summed E-state index contributed by atoms with van der Waals surface area (Å²) in [5, 5.41) is 32.2. The molecular weight excluding hydrogens is 413 g/mol. The second-order valence-electron chi connectivity index (χ2n) is 7.84. The number of nitriles is 1. The number of rotatable bonds is 8. The molecule has 0 spiro atoms. The minimum Gasteiger partial charge on any atom is -0.465 e. The number of pyridine rings is 1. The van der Waals surface area contributed by atoms with Gasteiger partial charge in [-0.3, -0.25) is 4.68 Å². The highest BCUT2D eigenvalue weighted by molar-refractivity contribution is 5.83. The number of fused-ring (bicyclic) bond motifs is 1. The minimum atomic E-state index is -1.16. The summed E-state index contributed by atoms with van der Waals surface area (Å²) in [6.45, 7) is 8.23. The number of nitrogens with zero attached hydrogens (tertiary/aromatic N) is 4. The van der Waals surface area contributed by atoms with Crippen LogP contribution in [0.1, 0.15) is 33.3 Å². The van der Waals surface area contributed by atoms with Crippen molar-refractivity contribution in [3.63, 3.8) is 0 Å². The highest BCUT2D eigenvalue weighted by Gasteiger charge is 2.24. The van der Waals surface area contributed by atoms with E-state index in [0.29, 0.717) is 5.69 Å². The Hall–Kier alpha value is -3.87. The number of aromatic nitrogens is 3. The van der Waals surface area contributed by atoms with Crippen LogP contribution in [-0.2, 0) is 6.54 Å². The number of amides is 1. The van der Waals surface area contributed by atoms with E-state index in [9.17, 15) is 14.4 Å². The summed E-state index contributed by atoms with van der Waals surface area (Å²) in [5.41, 5.74) is 1.71. The summed E-state index contributed by atoms with van der Waals surface area (Å²) in [5.74, 6) is -0.591. The van der Waals surface area contributed by atoms with E-state index in [1.807, 2.05) is 49.7 Å². The van der Waals surface area contributed by atoms with Crippen LogP contribution < -0.4 is 16.0 Å². The zero-order valence-electron chi connectivity index (χ0n) is 18.3. The van der Waals surface area contributed by atoms with E-state index in [4.69, 9.17) is 5.11 Å². The Morgan fingerprint density at radius 2 is 2.03 bits per heavy atom. The molecule has 9 nitrogen and oxygen atoms in total. The van der Waals surface area contributed by atoms with Crippen molar-refractivity contribution in [2.75, 3.05) is 10.6 Å². The van der Waals surface area contributed by atoms with E-state index in [2.05, 4.69) is 26.0 Å². The van der Waals surface area contributed by atoms with Crippen LogP contribution >= 0.6 is 0 Å². The van der Waals surface area contributed by atoms with E-state index >= 15 is 0 Å². The molecule has 0 radical (unpaired) electrons. The number of hydrogen-bond acceptors (Lipinski definition) is 6. The lowest BCUT2D eigenvalue weighted by Gasteiger charge is -2.29. The van der Waals surface area contributed by atoms with Gasteiger partial charge in [0.15, 0.2) is 17.5 Å². The maximum absolute atomic E-state index is 14.7. The molecule has 0 bridgehead atoms. The summed E-state index contributed by atoms with van der Waals surface area (Å²) in [6, 6.07) is 7.77. The van der Waals surface area contributed by atoms with Gasteiger partial charge in [0.1, 0.15) is 6.07 Å². The molecule has 0 unspecified atom stereocenters. The minimum absolute atomic E-state index is 0.0254. The van der Waals surface area contributed by atoms with Gasteiger partial charge >= 0.3 is 6.09 Å². The van der Waals surface area contributed by atoms with Crippen molar-refractivity contribution in [2.45, 2.75) is 46.3 Å². The zero-order chi connectivity index (χ0) is 23.4. The highest BCUT2D eigenvalue weighted by atomic mass is 19.1. The molecule has 32 heavy (non-hydrogen) atoms. The first kappa shape index (κ1) is 22.8. The number of carboxylic acid groups (broad SMARTS) is 1. The molecule has 168 valence electrons. The molecule has 0 saturated carbocycles. The van der Waals surface area contributed by atoms with Crippen molar-refractivity contribution in [2.24, 2.45) is 5.92 Å². The first-order chi connectivity index (χ1) is 15.2. The molecule has 0 aliphatic rings. The lowest BCUT2D eigenvalue weighted by Crippen LogP contribution is -2.47. The molecule has 10 heteroatoms. The van der Waals surface area contributed by atoms with Gasteiger partial charge in [-0.1, -0.05) is 13.8 Å². The molecule has 0 saturated heterocycles. The van der Waals surface area contributed by atoms with Crippen molar-refractivity contribution in [3.05, 3.63) is 41.8 Å². The van der Waals surface area contributed by atoms with E-state index in [0.717, 1.165) is 23.5 Å². The Kier molecular flexibility index (Phi) is 6.78. The van der Waals surface area contributed by atoms with Gasteiger partial charge in [-0.2, -0.15) is 10.4 Å². The van der Waals surface area contributed by atoms with Crippen molar-refractivity contribution in [1.82, 2.24) is 20.1 Å². The third-order valence-electron chi connectivity index (χ3n) is 5.21. The molecule has 2 atom stereocenters. The first-order valence-electron chi connectivity index (χ1n) is 10.3. The normalized spacial score (nSPS) is 12.9. The topological polar surface area (TPSA) is 128 Å². The summed E-state index contributed by atoms with van der Waals surface area (Å²) in [7, 11) is 0. The van der Waals surface area contributed by atoms with Gasteiger partial charge in [0.25, 0.3) is 0 Å². The number of halogens is 1. The number of carbonyl (C=O) groups is 1. The second kappa shape index (κ2) is 9.51. The third kappa shape index (κ3) is 4.88. The van der Waals surface area contributed by atoms with Crippen LogP contribution in [0.2, 0.25) is 0 Å². The van der Waals surface area contributed by atoms with E-state index in [1.165, 1.54) is 0 Å². The Morgan fingerprint density at radius 1 is 1.28 bits per heavy atom. The smallest absolute Gasteiger partial charge is 0.404 e.